The van der Waals surface area contributed by atoms with Gasteiger partial charge in [0.1, 0.15) is 11.5 Å². The Labute approximate surface area is 154 Å². The number of fused-ring (bicyclic) bond motifs is 1. The Balaban J connectivity index is 2.04. The van der Waals surface area contributed by atoms with Crippen LogP contribution in [0.3, 0.4) is 0 Å². The molecule has 3 rings (SSSR count). The van der Waals surface area contributed by atoms with Crippen LogP contribution < -0.4 is 4.74 Å². The molecule has 1 aromatic heterocycles. The first-order valence-electron chi connectivity index (χ1n) is 7.74. The van der Waals surface area contributed by atoms with Crippen LogP contribution in [0.2, 0.25) is 0 Å². The van der Waals surface area contributed by atoms with Crippen molar-refractivity contribution in [1.82, 2.24) is 9.88 Å². The van der Waals surface area contributed by atoms with Gasteiger partial charge in [-0.2, -0.15) is 0 Å². The van der Waals surface area contributed by atoms with Gasteiger partial charge in [-0.1, -0.05) is 18.2 Å². The molecular weight excluding hydrogens is 352 g/mol. The Kier molecular flexibility index (Phi) is 5.09. The first-order chi connectivity index (χ1) is 12.5. The highest BCUT2D eigenvalue weighted by Gasteiger charge is 2.20. The van der Waals surface area contributed by atoms with Gasteiger partial charge >= 0.3 is 5.97 Å². The van der Waals surface area contributed by atoms with Gasteiger partial charge in [-0.15, -0.1) is 0 Å². The number of hydrogen-bond donors (Lipinski definition) is 1. The number of aromatic nitrogens is 1. The van der Waals surface area contributed by atoms with E-state index in [1.54, 1.807) is 32.3 Å². The van der Waals surface area contributed by atoms with Crippen molar-refractivity contribution in [3.63, 3.8) is 0 Å². The van der Waals surface area contributed by atoms with E-state index in [9.17, 15) is 14.7 Å². The van der Waals surface area contributed by atoms with Crippen LogP contribution >= 0.6 is 11.8 Å². The van der Waals surface area contributed by atoms with Crippen LogP contribution in [0.4, 0.5) is 4.79 Å². The number of pyridine rings is 1. The van der Waals surface area contributed by atoms with Crippen molar-refractivity contribution in [2.75, 3.05) is 14.1 Å². The number of carbonyl (C=O) groups excluding carboxylic acids is 1. The second-order valence-corrected chi connectivity index (χ2v) is 6.63. The second-order valence-electron chi connectivity index (χ2n) is 5.67. The van der Waals surface area contributed by atoms with Crippen molar-refractivity contribution >= 4 is 33.7 Å². The summed E-state index contributed by atoms with van der Waals surface area (Å²) in [5, 5.41) is 10.5. The lowest BCUT2D eigenvalue weighted by Gasteiger charge is -2.13. The molecule has 0 radical (unpaired) electrons. The van der Waals surface area contributed by atoms with Crippen LogP contribution in [0.5, 0.6) is 11.5 Å². The van der Waals surface area contributed by atoms with E-state index in [4.69, 9.17) is 4.74 Å². The van der Waals surface area contributed by atoms with E-state index in [0.717, 1.165) is 11.8 Å². The van der Waals surface area contributed by atoms with Gasteiger partial charge in [0.2, 0.25) is 0 Å². The van der Waals surface area contributed by atoms with Crippen LogP contribution in [0.25, 0.3) is 10.8 Å². The number of carbonyl (C=O) groups is 2. The van der Waals surface area contributed by atoms with Gasteiger partial charge in [-0.3, -0.25) is 4.79 Å². The number of hydrogen-bond acceptors (Lipinski definition) is 5. The maximum atomic E-state index is 12.1. The topological polar surface area (TPSA) is 79.7 Å². The Morgan fingerprint density at radius 1 is 1.08 bits per heavy atom. The van der Waals surface area contributed by atoms with Crippen molar-refractivity contribution < 1.29 is 19.4 Å². The van der Waals surface area contributed by atoms with Crippen LogP contribution in [0.1, 0.15) is 10.5 Å². The maximum Gasteiger partial charge on any atom is 0.355 e. The standard InChI is InChI=1S/C19H16N2O4S/c1-21(2)19(24)26-17-15-9-8-14(25-13-6-4-3-5-7-13)10-12(15)11-20-16(17)18(22)23/h3-11H,1-2H3,(H,22,23). The fourth-order valence-corrected chi connectivity index (χ4v) is 3.19. The molecule has 26 heavy (non-hydrogen) atoms. The lowest BCUT2D eigenvalue weighted by atomic mass is 10.1. The van der Waals surface area contributed by atoms with Crippen molar-refractivity contribution in [2.45, 2.75) is 4.90 Å². The molecule has 0 aliphatic carbocycles. The molecule has 0 saturated heterocycles. The highest BCUT2D eigenvalue weighted by Crippen LogP contribution is 2.34. The van der Waals surface area contributed by atoms with Crippen LogP contribution in [0, 0.1) is 0 Å². The molecule has 0 aliphatic rings. The smallest absolute Gasteiger partial charge is 0.355 e. The van der Waals surface area contributed by atoms with E-state index in [0.29, 0.717) is 27.2 Å². The number of carboxylic acids is 1. The molecule has 0 spiro atoms. The third kappa shape index (κ3) is 3.78. The molecule has 132 valence electrons. The predicted octanol–water partition coefficient (Wildman–Crippen LogP) is 4.50. The lowest BCUT2D eigenvalue weighted by Crippen LogP contribution is -2.17. The summed E-state index contributed by atoms with van der Waals surface area (Å²) in [6.07, 6.45) is 1.47. The summed E-state index contributed by atoms with van der Waals surface area (Å²) >= 11 is 0.849. The summed E-state index contributed by atoms with van der Waals surface area (Å²) < 4.78 is 5.80. The highest BCUT2D eigenvalue weighted by molar-refractivity contribution is 8.13. The number of ether oxygens (including phenoxy) is 1. The minimum Gasteiger partial charge on any atom is -0.476 e. The monoisotopic (exact) mass is 368 g/mol. The van der Waals surface area contributed by atoms with Gasteiger partial charge in [-0.05, 0) is 42.1 Å². The second kappa shape index (κ2) is 7.45. The van der Waals surface area contributed by atoms with Gasteiger partial charge < -0.3 is 14.7 Å². The van der Waals surface area contributed by atoms with E-state index < -0.39 is 5.97 Å². The molecule has 7 heteroatoms. The number of thioether (sulfide) groups is 1. The third-order valence-electron chi connectivity index (χ3n) is 3.55. The molecule has 1 heterocycles. The average Bonchev–Trinajstić information content (AvgIpc) is 2.62. The van der Waals surface area contributed by atoms with Crippen molar-refractivity contribution in [3.05, 3.63) is 60.4 Å². The average molecular weight is 368 g/mol. The predicted molar refractivity (Wildman–Crippen MR) is 100 cm³/mol. The Hall–Kier alpha value is -3.06. The van der Waals surface area contributed by atoms with E-state index in [2.05, 4.69) is 4.98 Å². The Morgan fingerprint density at radius 2 is 1.81 bits per heavy atom. The number of nitrogens with zero attached hydrogens (tertiary/aromatic N) is 2. The zero-order valence-electron chi connectivity index (χ0n) is 14.2. The Bertz CT molecular complexity index is 974. The van der Waals surface area contributed by atoms with Crippen molar-refractivity contribution in [1.29, 1.82) is 0 Å². The summed E-state index contributed by atoms with van der Waals surface area (Å²) in [7, 11) is 3.22. The fourth-order valence-electron chi connectivity index (χ4n) is 2.30. The molecule has 1 amide bonds. The first kappa shape index (κ1) is 17.8. The molecule has 1 N–H and O–H groups in total. The quantitative estimate of drug-likeness (QED) is 0.683. The van der Waals surface area contributed by atoms with E-state index in [1.807, 2.05) is 30.3 Å². The number of aromatic carboxylic acids is 1. The highest BCUT2D eigenvalue weighted by atomic mass is 32.2. The molecule has 0 fully saturated rings. The van der Waals surface area contributed by atoms with Gasteiger partial charge in [0.25, 0.3) is 5.24 Å². The van der Waals surface area contributed by atoms with Crippen LogP contribution in [0.15, 0.2) is 59.6 Å². The van der Waals surface area contributed by atoms with Gasteiger partial charge in [0.05, 0.1) is 4.90 Å². The molecule has 3 aromatic rings. The minimum absolute atomic E-state index is 0.144. The molecular formula is C19H16N2O4S. The van der Waals surface area contributed by atoms with Crippen LogP contribution in [-0.4, -0.2) is 40.3 Å². The summed E-state index contributed by atoms with van der Waals surface area (Å²) in [5.41, 5.74) is -0.144. The van der Waals surface area contributed by atoms with Crippen LogP contribution in [-0.2, 0) is 0 Å². The van der Waals surface area contributed by atoms with Crippen molar-refractivity contribution in [3.8, 4) is 11.5 Å². The summed E-state index contributed by atoms with van der Waals surface area (Å²) in [6.45, 7) is 0. The summed E-state index contributed by atoms with van der Waals surface area (Å²) in [6, 6.07) is 14.6. The van der Waals surface area contributed by atoms with Crippen molar-refractivity contribution in [2.24, 2.45) is 0 Å². The first-order valence-corrected chi connectivity index (χ1v) is 8.55. The summed E-state index contributed by atoms with van der Waals surface area (Å²) in [4.78, 5) is 29.3. The number of para-hydroxylation sites is 1. The lowest BCUT2D eigenvalue weighted by molar-refractivity contribution is 0.0687. The van der Waals surface area contributed by atoms with Gasteiger partial charge in [0, 0.05) is 31.1 Å². The maximum absolute atomic E-state index is 12.1. The zero-order valence-corrected chi connectivity index (χ0v) is 15.0. The molecule has 0 unspecified atom stereocenters. The summed E-state index contributed by atoms with van der Waals surface area (Å²) in [5.74, 6) is 0.119. The van der Waals surface area contributed by atoms with Gasteiger partial charge in [0.15, 0.2) is 5.69 Å². The third-order valence-corrected chi connectivity index (χ3v) is 4.71. The fraction of sp³-hybridized carbons (Fsp3) is 0.105. The SMILES string of the molecule is CN(C)C(=O)Sc1c(C(=O)O)ncc2cc(Oc3ccccc3)ccc12. The molecule has 2 aromatic carbocycles. The minimum atomic E-state index is -1.18. The van der Waals surface area contributed by atoms with E-state index in [-0.39, 0.29) is 10.9 Å². The van der Waals surface area contributed by atoms with Gasteiger partial charge in [-0.25, -0.2) is 9.78 Å². The zero-order chi connectivity index (χ0) is 18.7. The number of benzene rings is 2. The largest absolute Gasteiger partial charge is 0.476 e. The molecule has 0 atom stereocenters. The molecule has 0 saturated carbocycles. The van der Waals surface area contributed by atoms with E-state index >= 15 is 0 Å². The molecule has 0 bridgehead atoms. The molecule has 0 aliphatic heterocycles. The number of amides is 1. The van der Waals surface area contributed by atoms with E-state index in [1.165, 1.54) is 11.1 Å². The Morgan fingerprint density at radius 3 is 2.46 bits per heavy atom. The number of rotatable bonds is 4. The number of carboxylic acid groups (broad SMARTS) is 1. The normalized spacial score (nSPS) is 10.5. The molecule has 6 nitrogen and oxygen atoms in total.